The largest absolute Gasteiger partial charge is 0.483 e. The van der Waals surface area contributed by atoms with Gasteiger partial charge in [0, 0.05) is 32.7 Å². The Labute approximate surface area is 183 Å². The van der Waals surface area contributed by atoms with Gasteiger partial charge < -0.3 is 24.9 Å². The molecule has 3 aliphatic heterocycles. The molecule has 1 aromatic carbocycles. The third-order valence-corrected chi connectivity index (χ3v) is 6.87. The van der Waals surface area contributed by atoms with Gasteiger partial charge in [-0.2, -0.15) is 0 Å². The van der Waals surface area contributed by atoms with Gasteiger partial charge in [0.25, 0.3) is 12.4 Å². The standard InChI is InChI=1S/C22H31N3O3.CH2O2/c1-23-15-11-22(28,12-16-23)20(27)25-14-6-10-21(25)9-5-13-24(19(21)26)17-18-7-3-2-4-8-18;2-1-3/h2-4,7-8,28H,5-6,9-17H2,1H3;1H,(H,2,3). The molecule has 8 heteroatoms. The van der Waals surface area contributed by atoms with Crippen molar-refractivity contribution in [3.8, 4) is 0 Å². The van der Waals surface area contributed by atoms with Crippen LogP contribution in [-0.4, -0.2) is 87.6 Å². The number of carbonyl (C=O) groups is 3. The molecule has 0 bridgehead atoms. The number of carboxylic acid groups (broad SMARTS) is 1. The summed E-state index contributed by atoms with van der Waals surface area (Å²) in [4.78, 5) is 41.1. The Morgan fingerprint density at radius 1 is 1.03 bits per heavy atom. The number of benzene rings is 1. The fraction of sp³-hybridized carbons (Fsp3) is 0.609. The summed E-state index contributed by atoms with van der Waals surface area (Å²) in [5.41, 5.74) is -0.979. The molecule has 3 saturated heterocycles. The van der Waals surface area contributed by atoms with Gasteiger partial charge in [-0.15, -0.1) is 0 Å². The molecule has 2 amide bonds. The van der Waals surface area contributed by atoms with Gasteiger partial charge in [-0.1, -0.05) is 30.3 Å². The number of hydrogen-bond donors (Lipinski definition) is 2. The van der Waals surface area contributed by atoms with E-state index >= 15 is 0 Å². The maximum absolute atomic E-state index is 13.6. The fourth-order valence-corrected chi connectivity index (χ4v) is 5.13. The summed E-state index contributed by atoms with van der Waals surface area (Å²) < 4.78 is 0. The zero-order chi connectivity index (χ0) is 22.5. The highest BCUT2D eigenvalue weighted by Gasteiger charge is 2.56. The summed E-state index contributed by atoms with van der Waals surface area (Å²) in [5, 5.41) is 18.0. The van der Waals surface area contributed by atoms with E-state index in [2.05, 4.69) is 4.90 Å². The minimum atomic E-state index is -1.33. The van der Waals surface area contributed by atoms with Crippen molar-refractivity contribution in [2.24, 2.45) is 0 Å². The number of amides is 2. The molecule has 2 N–H and O–H groups in total. The molecule has 1 spiro atoms. The van der Waals surface area contributed by atoms with Crippen LogP contribution in [0.5, 0.6) is 0 Å². The number of rotatable bonds is 3. The second kappa shape index (κ2) is 9.78. The summed E-state index contributed by atoms with van der Waals surface area (Å²) in [7, 11) is 2.01. The predicted octanol–water partition coefficient (Wildman–Crippen LogP) is 1.33. The van der Waals surface area contributed by atoms with Crippen molar-refractivity contribution in [1.29, 1.82) is 0 Å². The lowest BCUT2D eigenvalue weighted by Crippen LogP contribution is -2.65. The lowest BCUT2D eigenvalue weighted by molar-refractivity contribution is -0.169. The summed E-state index contributed by atoms with van der Waals surface area (Å²) in [6.07, 6.45) is 4.02. The minimum Gasteiger partial charge on any atom is -0.483 e. The first-order valence-electron chi connectivity index (χ1n) is 11.0. The molecule has 3 aliphatic rings. The van der Waals surface area contributed by atoms with Crippen LogP contribution >= 0.6 is 0 Å². The quantitative estimate of drug-likeness (QED) is 0.700. The van der Waals surface area contributed by atoms with Gasteiger partial charge in [0.05, 0.1) is 0 Å². The minimum absolute atomic E-state index is 0.0602. The van der Waals surface area contributed by atoms with Crippen LogP contribution in [-0.2, 0) is 20.9 Å². The van der Waals surface area contributed by atoms with Crippen molar-refractivity contribution in [3.05, 3.63) is 35.9 Å². The van der Waals surface area contributed by atoms with E-state index in [1.54, 1.807) is 4.90 Å². The lowest BCUT2D eigenvalue weighted by Gasteiger charge is -2.47. The molecule has 3 fully saturated rings. The molecule has 1 aromatic rings. The van der Waals surface area contributed by atoms with Crippen molar-refractivity contribution in [1.82, 2.24) is 14.7 Å². The van der Waals surface area contributed by atoms with E-state index < -0.39 is 11.1 Å². The normalized spacial score (nSPS) is 25.8. The van der Waals surface area contributed by atoms with Gasteiger partial charge >= 0.3 is 0 Å². The monoisotopic (exact) mass is 431 g/mol. The van der Waals surface area contributed by atoms with Gasteiger partial charge in [-0.25, -0.2) is 0 Å². The summed E-state index contributed by atoms with van der Waals surface area (Å²) in [6, 6.07) is 10.0. The third kappa shape index (κ3) is 4.75. The zero-order valence-corrected chi connectivity index (χ0v) is 18.2. The summed E-state index contributed by atoms with van der Waals surface area (Å²) in [6.45, 7) is 3.04. The summed E-state index contributed by atoms with van der Waals surface area (Å²) >= 11 is 0. The Bertz CT molecular complexity index is 779. The molecule has 1 atom stereocenters. The predicted molar refractivity (Wildman–Crippen MR) is 115 cm³/mol. The van der Waals surface area contributed by atoms with Crippen molar-refractivity contribution >= 4 is 18.3 Å². The number of carbonyl (C=O) groups excluding carboxylic acids is 2. The van der Waals surface area contributed by atoms with Crippen LogP contribution in [0.15, 0.2) is 30.3 Å². The van der Waals surface area contributed by atoms with E-state index in [-0.39, 0.29) is 18.3 Å². The van der Waals surface area contributed by atoms with E-state index in [0.717, 1.165) is 24.9 Å². The Hall–Kier alpha value is -2.45. The highest BCUT2D eigenvalue weighted by Crippen LogP contribution is 2.41. The number of piperidine rings is 2. The average molecular weight is 432 g/mol. The number of nitrogens with zero attached hydrogens (tertiary/aromatic N) is 3. The highest BCUT2D eigenvalue weighted by molar-refractivity contribution is 5.95. The molecular formula is C23H33N3O5. The Balaban J connectivity index is 0.000000858. The second-order valence-electron chi connectivity index (χ2n) is 8.85. The average Bonchev–Trinajstić information content (AvgIpc) is 3.19. The van der Waals surface area contributed by atoms with Crippen molar-refractivity contribution < 1.29 is 24.6 Å². The molecule has 0 radical (unpaired) electrons. The fourth-order valence-electron chi connectivity index (χ4n) is 5.13. The topological polar surface area (TPSA) is 101 Å². The molecule has 1 unspecified atom stereocenters. The molecule has 0 saturated carbocycles. The first-order chi connectivity index (χ1) is 14.9. The van der Waals surface area contributed by atoms with Crippen molar-refractivity contribution in [3.63, 3.8) is 0 Å². The maximum atomic E-state index is 13.6. The maximum Gasteiger partial charge on any atom is 0.290 e. The molecule has 0 aliphatic carbocycles. The van der Waals surface area contributed by atoms with Gasteiger partial charge in [0.15, 0.2) is 0 Å². The molecule has 3 heterocycles. The SMILES string of the molecule is CN1CCC(O)(C(=O)N2CCCC23CCCN(Cc2ccccc2)C3=O)CC1.O=CO. The van der Waals surface area contributed by atoms with E-state index in [4.69, 9.17) is 9.90 Å². The Morgan fingerprint density at radius 2 is 1.61 bits per heavy atom. The van der Waals surface area contributed by atoms with E-state index in [9.17, 15) is 14.7 Å². The van der Waals surface area contributed by atoms with Crippen LogP contribution in [0, 0.1) is 0 Å². The molecule has 170 valence electrons. The number of hydrogen-bond acceptors (Lipinski definition) is 5. The molecule has 31 heavy (non-hydrogen) atoms. The Morgan fingerprint density at radius 3 is 2.23 bits per heavy atom. The van der Waals surface area contributed by atoms with E-state index in [1.807, 2.05) is 42.3 Å². The van der Waals surface area contributed by atoms with Gasteiger partial charge in [0.1, 0.15) is 11.1 Å². The first kappa shape index (κ1) is 23.2. The van der Waals surface area contributed by atoms with Crippen LogP contribution < -0.4 is 0 Å². The van der Waals surface area contributed by atoms with Gasteiger partial charge in [0.2, 0.25) is 5.91 Å². The first-order valence-corrected chi connectivity index (χ1v) is 11.0. The van der Waals surface area contributed by atoms with Crippen LogP contribution in [0.3, 0.4) is 0 Å². The third-order valence-electron chi connectivity index (χ3n) is 6.87. The van der Waals surface area contributed by atoms with E-state index in [1.165, 1.54) is 0 Å². The number of likely N-dealkylation sites (tertiary alicyclic amines) is 3. The van der Waals surface area contributed by atoms with Crippen LogP contribution in [0.1, 0.15) is 44.1 Å². The highest BCUT2D eigenvalue weighted by atomic mass is 16.3. The Kier molecular flexibility index (Phi) is 7.33. The number of aliphatic hydroxyl groups is 1. The van der Waals surface area contributed by atoms with Crippen LogP contribution in [0.4, 0.5) is 0 Å². The lowest BCUT2D eigenvalue weighted by atomic mass is 9.82. The van der Waals surface area contributed by atoms with Crippen molar-refractivity contribution in [2.75, 3.05) is 33.2 Å². The molecule has 8 nitrogen and oxygen atoms in total. The van der Waals surface area contributed by atoms with Gasteiger partial charge in [-0.05, 0) is 51.1 Å². The van der Waals surface area contributed by atoms with Crippen LogP contribution in [0.2, 0.25) is 0 Å². The molecule has 4 rings (SSSR count). The summed E-state index contributed by atoms with van der Waals surface area (Å²) in [5.74, 6) is -0.169. The molecule has 0 aromatic heterocycles. The zero-order valence-electron chi connectivity index (χ0n) is 18.2. The second-order valence-corrected chi connectivity index (χ2v) is 8.85. The smallest absolute Gasteiger partial charge is 0.290 e. The van der Waals surface area contributed by atoms with Crippen molar-refractivity contribution in [2.45, 2.75) is 56.2 Å². The molecular weight excluding hydrogens is 398 g/mol. The van der Waals surface area contributed by atoms with Crippen LogP contribution in [0.25, 0.3) is 0 Å². The van der Waals surface area contributed by atoms with E-state index in [0.29, 0.717) is 51.9 Å². The van der Waals surface area contributed by atoms with Gasteiger partial charge in [-0.3, -0.25) is 14.4 Å².